The molecule has 0 fully saturated rings. The van der Waals surface area contributed by atoms with Gasteiger partial charge in [0.25, 0.3) is 0 Å². The highest BCUT2D eigenvalue weighted by atomic mass is 16.2. The number of hydrogen-bond acceptors (Lipinski definition) is 3. The summed E-state index contributed by atoms with van der Waals surface area (Å²) < 4.78 is 0. The van der Waals surface area contributed by atoms with E-state index in [1.165, 1.54) is 6.33 Å². The van der Waals surface area contributed by atoms with E-state index >= 15 is 0 Å². The van der Waals surface area contributed by atoms with Crippen molar-refractivity contribution < 1.29 is 4.79 Å². The number of rotatable bonds is 5. The number of urea groups is 1. The smallest absolute Gasteiger partial charge is 0.317 e. The summed E-state index contributed by atoms with van der Waals surface area (Å²) in [5, 5.41) is 9.34. The third-order valence-electron chi connectivity index (χ3n) is 2.15. The molecule has 15 heavy (non-hydrogen) atoms. The van der Waals surface area contributed by atoms with E-state index in [-0.39, 0.29) is 6.03 Å². The normalized spacial score (nSPS) is 10.0. The van der Waals surface area contributed by atoms with Gasteiger partial charge in [-0.1, -0.05) is 0 Å². The summed E-state index contributed by atoms with van der Waals surface area (Å²) in [5.41, 5.74) is 0. The van der Waals surface area contributed by atoms with E-state index in [1.54, 1.807) is 11.9 Å². The Morgan fingerprint density at radius 3 is 3.07 bits per heavy atom. The van der Waals surface area contributed by atoms with Crippen LogP contribution in [0, 0.1) is 0 Å². The van der Waals surface area contributed by atoms with Crippen LogP contribution in [-0.2, 0) is 6.42 Å². The number of H-pyrrole nitrogens is 1. The number of carbonyl (C=O) groups is 1. The number of aromatic nitrogens is 3. The van der Waals surface area contributed by atoms with Gasteiger partial charge in [0.2, 0.25) is 0 Å². The summed E-state index contributed by atoms with van der Waals surface area (Å²) in [6, 6.07) is -0.0323. The van der Waals surface area contributed by atoms with Gasteiger partial charge in [-0.05, 0) is 13.3 Å². The molecule has 0 aliphatic carbocycles. The molecule has 0 saturated heterocycles. The lowest BCUT2D eigenvalue weighted by atomic mass is 10.3. The molecule has 0 aromatic carbocycles. The molecule has 1 rings (SSSR count). The van der Waals surface area contributed by atoms with Crippen molar-refractivity contribution in [2.75, 3.05) is 20.1 Å². The lowest BCUT2D eigenvalue weighted by Gasteiger charge is -2.14. The molecule has 0 unspecified atom stereocenters. The fourth-order valence-corrected chi connectivity index (χ4v) is 1.08. The zero-order valence-corrected chi connectivity index (χ0v) is 9.16. The van der Waals surface area contributed by atoms with Crippen LogP contribution in [0.3, 0.4) is 0 Å². The first kappa shape index (κ1) is 11.5. The molecular formula is C9H17N5O. The molecule has 0 spiro atoms. The van der Waals surface area contributed by atoms with Crippen LogP contribution in [0.2, 0.25) is 0 Å². The van der Waals surface area contributed by atoms with Gasteiger partial charge in [0.15, 0.2) is 0 Å². The summed E-state index contributed by atoms with van der Waals surface area (Å²) >= 11 is 0. The summed E-state index contributed by atoms with van der Waals surface area (Å²) in [4.78, 5) is 16.9. The Balaban J connectivity index is 2.09. The molecule has 6 heteroatoms. The molecule has 0 saturated carbocycles. The van der Waals surface area contributed by atoms with Crippen LogP contribution in [0.25, 0.3) is 0 Å². The van der Waals surface area contributed by atoms with Crippen molar-refractivity contribution in [3.63, 3.8) is 0 Å². The number of carbonyl (C=O) groups excluding carboxylic acids is 1. The van der Waals surface area contributed by atoms with Crippen LogP contribution in [0.1, 0.15) is 19.2 Å². The van der Waals surface area contributed by atoms with Crippen LogP contribution in [0.4, 0.5) is 4.79 Å². The Morgan fingerprint density at radius 2 is 2.47 bits per heavy atom. The van der Waals surface area contributed by atoms with E-state index < -0.39 is 0 Å². The average molecular weight is 211 g/mol. The zero-order chi connectivity index (χ0) is 11.1. The molecule has 0 bridgehead atoms. The number of nitrogens with zero attached hydrogens (tertiary/aromatic N) is 3. The third-order valence-corrected chi connectivity index (χ3v) is 2.15. The van der Waals surface area contributed by atoms with Gasteiger partial charge in [-0.3, -0.25) is 5.10 Å². The molecule has 2 amide bonds. The van der Waals surface area contributed by atoms with E-state index in [0.717, 1.165) is 18.7 Å². The Hall–Kier alpha value is -1.59. The first-order chi connectivity index (χ1) is 7.24. The second-order valence-electron chi connectivity index (χ2n) is 3.28. The van der Waals surface area contributed by atoms with Crippen LogP contribution in [-0.4, -0.2) is 46.2 Å². The second-order valence-corrected chi connectivity index (χ2v) is 3.28. The maximum absolute atomic E-state index is 11.3. The topological polar surface area (TPSA) is 73.9 Å². The van der Waals surface area contributed by atoms with Crippen LogP contribution >= 0.6 is 0 Å². The molecule has 6 nitrogen and oxygen atoms in total. The molecule has 2 N–H and O–H groups in total. The van der Waals surface area contributed by atoms with Crippen molar-refractivity contribution in [1.29, 1.82) is 0 Å². The lowest BCUT2D eigenvalue weighted by Crippen LogP contribution is -2.37. The monoisotopic (exact) mass is 211 g/mol. The summed E-state index contributed by atoms with van der Waals surface area (Å²) in [5.74, 6) is 0.855. The Bertz CT molecular complexity index is 285. The lowest BCUT2D eigenvalue weighted by molar-refractivity contribution is 0.211. The van der Waals surface area contributed by atoms with Gasteiger partial charge in [-0.25, -0.2) is 9.78 Å². The summed E-state index contributed by atoms with van der Waals surface area (Å²) in [7, 11) is 1.77. The minimum atomic E-state index is -0.0323. The van der Waals surface area contributed by atoms with Gasteiger partial charge in [-0.15, -0.1) is 0 Å². The van der Waals surface area contributed by atoms with E-state index in [9.17, 15) is 4.79 Å². The fourth-order valence-electron chi connectivity index (χ4n) is 1.08. The molecule has 0 aliphatic rings. The molecule has 0 radical (unpaired) electrons. The quantitative estimate of drug-likeness (QED) is 0.692. The Morgan fingerprint density at radius 1 is 1.67 bits per heavy atom. The van der Waals surface area contributed by atoms with Crippen molar-refractivity contribution in [1.82, 2.24) is 25.4 Å². The molecule has 1 heterocycles. The predicted molar refractivity (Wildman–Crippen MR) is 56.4 cm³/mol. The van der Waals surface area contributed by atoms with Crippen molar-refractivity contribution in [3.05, 3.63) is 12.2 Å². The fraction of sp³-hybridized carbons (Fsp3) is 0.667. The SMILES string of the molecule is CCN(C)C(=O)NCCCc1ncn[nH]1. The van der Waals surface area contributed by atoms with Crippen molar-refractivity contribution in [2.24, 2.45) is 0 Å². The van der Waals surface area contributed by atoms with E-state index in [0.29, 0.717) is 13.1 Å². The highest BCUT2D eigenvalue weighted by Gasteiger charge is 2.04. The van der Waals surface area contributed by atoms with E-state index in [4.69, 9.17) is 0 Å². The molecule has 1 aromatic rings. The zero-order valence-electron chi connectivity index (χ0n) is 9.16. The van der Waals surface area contributed by atoms with Crippen LogP contribution < -0.4 is 5.32 Å². The second kappa shape index (κ2) is 6.00. The van der Waals surface area contributed by atoms with Crippen LogP contribution in [0.15, 0.2) is 6.33 Å². The van der Waals surface area contributed by atoms with Gasteiger partial charge in [0.1, 0.15) is 12.2 Å². The standard InChI is InChI=1S/C9H17N5O/c1-3-14(2)9(15)10-6-4-5-8-11-7-12-13-8/h7H,3-6H2,1-2H3,(H,10,15)(H,11,12,13). The van der Waals surface area contributed by atoms with E-state index in [2.05, 4.69) is 20.5 Å². The highest BCUT2D eigenvalue weighted by molar-refractivity contribution is 5.73. The largest absolute Gasteiger partial charge is 0.338 e. The Labute approximate surface area is 89.1 Å². The maximum atomic E-state index is 11.3. The van der Waals surface area contributed by atoms with Gasteiger partial charge in [0.05, 0.1) is 0 Å². The third kappa shape index (κ3) is 3.97. The Kier molecular flexibility index (Phi) is 4.59. The van der Waals surface area contributed by atoms with Gasteiger partial charge >= 0.3 is 6.03 Å². The van der Waals surface area contributed by atoms with Crippen molar-refractivity contribution >= 4 is 6.03 Å². The van der Waals surface area contributed by atoms with Crippen molar-refractivity contribution in [3.8, 4) is 0 Å². The number of nitrogens with one attached hydrogen (secondary N) is 2. The van der Waals surface area contributed by atoms with Gasteiger partial charge < -0.3 is 10.2 Å². The number of hydrogen-bond donors (Lipinski definition) is 2. The predicted octanol–water partition coefficient (Wildman–Crippen LogP) is 0.399. The molecule has 0 atom stereocenters. The summed E-state index contributed by atoms with van der Waals surface area (Å²) in [6.07, 6.45) is 3.15. The summed E-state index contributed by atoms with van der Waals surface area (Å²) in [6.45, 7) is 3.31. The molecule has 1 aromatic heterocycles. The molecule has 84 valence electrons. The first-order valence-electron chi connectivity index (χ1n) is 5.07. The molecule has 0 aliphatic heterocycles. The van der Waals surface area contributed by atoms with Crippen LogP contribution in [0.5, 0.6) is 0 Å². The number of aromatic amines is 1. The number of amides is 2. The minimum Gasteiger partial charge on any atom is -0.338 e. The highest BCUT2D eigenvalue weighted by Crippen LogP contribution is 1.92. The van der Waals surface area contributed by atoms with E-state index in [1.807, 2.05) is 6.92 Å². The van der Waals surface area contributed by atoms with Crippen molar-refractivity contribution in [2.45, 2.75) is 19.8 Å². The average Bonchev–Trinajstić information content (AvgIpc) is 2.75. The first-order valence-corrected chi connectivity index (χ1v) is 5.07. The van der Waals surface area contributed by atoms with Gasteiger partial charge in [-0.2, -0.15) is 5.10 Å². The molecular weight excluding hydrogens is 194 g/mol. The number of aryl methyl sites for hydroxylation is 1. The van der Waals surface area contributed by atoms with Gasteiger partial charge in [0, 0.05) is 26.6 Å². The maximum Gasteiger partial charge on any atom is 0.317 e. The minimum absolute atomic E-state index is 0.0323.